The summed E-state index contributed by atoms with van der Waals surface area (Å²) in [5.74, 6) is 0. The molecule has 0 radical (unpaired) electrons. The Morgan fingerprint density at radius 2 is 1.53 bits per heavy atom. The van der Waals surface area contributed by atoms with Gasteiger partial charge in [-0.2, -0.15) is 0 Å². The molecule has 2 heteroatoms. The van der Waals surface area contributed by atoms with E-state index in [0.29, 0.717) is 0 Å². The molecule has 1 aromatic heterocycles. The van der Waals surface area contributed by atoms with Gasteiger partial charge in [0.15, 0.2) is 0 Å². The highest BCUT2D eigenvalue weighted by atomic mass is 79.9. The monoisotopic (exact) mass is 261 g/mol. The molecule has 0 N–H and O–H groups in total. The van der Waals surface area contributed by atoms with Gasteiger partial charge in [-0.15, -0.1) is 17.0 Å². The third-order valence-electron chi connectivity index (χ3n) is 1.93. The molecule has 0 aliphatic rings. The van der Waals surface area contributed by atoms with Crippen molar-refractivity contribution in [3.63, 3.8) is 0 Å². The SMILES string of the molecule is Br.C(=Cc1ccccn1)c1ccccc1. The molecule has 2 rings (SSSR count). The van der Waals surface area contributed by atoms with E-state index in [1.807, 2.05) is 42.5 Å². The van der Waals surface area contributed by atoms with Crippen molar-refractivity contribution in [3.8, 4) is 0 Å². The quantitative estimate of drug-likeness (QED) is 0.801. The summed E-state index contributed by atoms with van der Waals surface area (Å²) in [6, 6.07) is 16.1. The highest BCUT2D eigenvalue weighted by Gasteiger charge is 1.85. The first-order valence-electron chi connectivity index (χ1n) is 4.59. The lowest BCUT2D eigenvalue weighted by atomic mass is 10.2. The van der Waals surface area contributed by atoms with Gasteiger partial charge in [0.2, 0.25) is 0 Å². The molecule has 2 aromatic rings. The molecule has 76 valence electrons. The Labute approximate surface area is 100 Å². The molecule has 0 unspecified atom stereocenters. The lowest BCUT2D eigenvalue weighted by Crippen LogP contribution is -1.76. The van der Waals surface area contributed by atoms with Gasteiger partial charge in [-0.1, -0.05) is 42.5 Å². The summed E-state index contributed by atoms with van der Waals surface area (Å²) in [7, 11) is 0. The van der Waals surface area contributed by atoms with Crippen molar-refractivity contribution in [1.82, 2.24) is 4.98 Å². The number of pyridine rings is 1. The summed E-state index contributed by atoms with van der Waals surface area (Å²) in [6.45, 7) is 0. The van der Waals surface area contributed by atoms with Crippen LogP contribution in [0.2, 0.25) is 0 Å². The first-order chi connectivity index (χ1) is 6.95. The fourth-order valence-electron chi connectivity index (χ4n) is 1.22. The number of hydrogen-bond donors (Lipinski definition) is 0. The van der Waals surface area contributed by atoms with Crippen molar-refractivity contribution in [3.05, 3.63) is 66.0 Å². The Kier molecular flexibility index (Phi) is 4.78. The van der Waals surface area contributed by atoms with Crippen LogP contribution in [0.4, 0.5) is 0 Å². The summed E-state index contributed by atoms with van der Waals surface area (Å²) in [6.07, 6.45) is 5.86. The molecular weight excluding hydrogens is 250 g/mol. The van der Waals surface area contributed by atoms with E-state index in [9.17, 15) is 0 Å². The van der Waals surface area contributed by atoms with Gasteiger partial charge in [0.1, 0.15) is 0 Å². The van der Waals surface area contributed by atoms with Crippen LogP contribution in [0.15, 0.2) is 54.7 Å². The van der Waals surface area contributed by atoms with Crippen LogP contribution in [0.5, 0.6) is 0 Å². The van der Waals surface area contributed by atoms with Crippen LogP contribution >= 0.6 is 17.0 Å². The zero-order chi connectivity index (χ0) is 9.64. The number of nitrogens with zero attached hydrogens (tertiary/aromatic N) is 1. The largest absolute Gasteiger partial charge is 0.257 e. The minimum Gasteiger partial charge on any atom is -0.257 e. The van der Waals surface area contributed by atoms with Crippen LogP contribution in [-0.2, 0) is 0 Å². The molecule has 0 amide bonds. The average Bonchev–Trinajstić information content (AvgIpc) is 2.29. The highest BCUT2D eigenvalue weighted by molar-refractivity contribution is 8.93. The van der Waals surface area contributed by atoms with Crippen molar-refractivity contribution in [2.75, 3.05) is 0 Å². The minimum absolute atomic E-state index is 0. The number of hydrogen-bond acceptors (Lipinski definition) is 1. The number of benzene rings is 1. The fraction of sp³-hybridized carbons (Fsp3) is 0. The van der Waals surface area contributed by atoms with Gasteiger partial charge in [-0.25, -0.2) is 0 Å². The molecule has 0 saturated carbocycles. The molecule has 1 nitrogen and oxygen atoms in total. The third kappa shape index (κ3) is 3.68. The van der Waals surface area contributed by atoms with Crippen LogP contribution in [0.25, 0.3) is 12.2 Å². The van der Waals surface area contributed by atoms with Crippen molar-refractivity contribution in [2.24, 2.45) is 0 Å². The summed E-state index contributed by atoms with van der Waals surface area (Å²) in [5, 5.41) is 0. The first kappa shape index (κ1) is 11.7. The van der Waals surface area contributed by atoms with Gasteiger partial charge in [0, 0.05) is 6.20 Å². The molecule has 0 fully saturated rings. The van der Waals surface area contributed by atoms with Gasteiger partial charge < -0.3 is 0 Å². The predicted octanol–water partition coefficient (Wildman–Crippen LogP) is 3.83. The second kappa shape index (κ2) is 6.14. The number of rotatable bonds is 2. The fourth-order valence-corrected chi connectivity index (χ4v) is 1.22. The van der Waals surface area contributed by atoms with Crippen molar-refractivity contribution >= 4 is 29.1 Å². The normalized spacial score (nSPS) is 9.87. The average molecular weight is 262 g/mol. The Hall–Kier alpha value is -1.41. The van der Waals surface area contributed by atoms with Crippen LogP contribution in [0, 0.1) is 0 Å². The van der Waals surface area contributed by atoms with E-state index in [4.69, 9.17) is 0 Å². The summed E-state index contributed by atoms with van der Waals surface area (Å²) in [4.78, 5) is 4.21. The molecular formula is C13H12BrN. The van der Waals surface area contributed by atoms with Crippen LogP contribution in [0.1, 0.15) is 11.3 Å². The molecule has 0 atom stereocenters. The lowest BCUT2D eigenvalue weighted by molar-refractivity contribution is 1.30. The molecule has 0 aliphatic heterocycles. The van der Waals surface area contributed by atoms with Gasteiger partial charge in [-0.3, -0.25) is 4.98 Å². The minimum atomic E-state index is 0. The topological polar surface area (TPSA) is 12.9 Å². The summed E-state index contributed by atoms with van der Waals surface area (Å²) >= 11 is 0. The molecule has 1 heterocycles. The van der Waals surface area contributed by atoms with Crippen LogP contribution in [0.3, 0.4) is 0 Å². The zero-order valence-corrected chi connectivity index (χ0v) is 9.92. The predicted molar refractivity (Wildman–Crippen MR) is 69.9 cm³/mol. The van der Waals surface area contributed by atoms with Crippen LogP contribution in [-0.4, -0.2) is 4.98 Å². The Morgan fingerprint density at radius 3 is 2.20 bits per heavy atom. The second-order valence-corrected chi connectivity index (χ2v) is 3.00. The Morgan fingerprint density at radius 1 is 0.800 bits per heavy atom. The standard InChI is InChI=1S/C13H11N.BrH/c1-2-6-12(7-3-1)9-10-13-8-4-5-11-14-13;/h1-11H;1H. The van der Waals surface area contributed by atoms with Gasteiger partial charge in [0.05, 0.1) is 5.69 Å². The van der Waals surface area contributed by atoms with Crippen LogP contribution < -0.4 is 0 Å². The summed E-state index contributed by atoms with van der Waals surface area (Å²) < 4.78 is 0. The highest BCUT2D eigenvalue weighted by Crippen LogP contribution is 2.04. The maximum atomic E-state index is 4.21. The number of halogens is 1. The first-order valence-corrected chi connectivity index (χ1v) is 4.59. The lowest BCUT2D eigenvalue weighted by Gasteiger charge is -1.92. The molecule has 0 spiro atoms. The number of aromatic nitrogens is 1. The summed E-state index contributed by atoms with van der Waals surface area (Å²) in [5.41, 5.74) is 2.18. The van der Waals surface area contributed by atoms with Gasteiger partial charge in [0.25, 0.3) is 0 Å². The molecule has 0 saturated heterocycles. The van der Waals surface area contributed by atoms with Crippen molar-refractivity contribution in [1.29, 1.82) is 0 Å². The van der Waals surface area contributed by atoms with Gasteiger partial charge in [-0.05, 0) is 23.8 Å². The molecule has 0 bridgehead atoms. The Bertz CT molecular complexity index is 368. The maximum Gasteiger partial charge on any atom is 0.0629 e. The maximum absolute atomic E-state index is 4.21. The van der Waals surface area contributed by atoms with E-state index in [1.54, 1.807) is 6.20 Å². The molecule has 15 heavy (non-hydrogen) atoms. The third-order valence-corrected chi connectivity index (χ3v) is 1.93. The van der Waals surface area contributed by atoms with Crippen molar-refractivity contribution in [2.45, 2.75) is 0 Å². The zero-order valence-electron chi connectivity index (χ0n) is 8.21. The molecule has 1 aromatic carbocycles. The van der Waals surface area contributed by atoms with E-state index in [0.717, 1.165) is 5.69 Å². The van der Waals surface area contributed by atoms with E-state index < -0.39 is 0 Å². The Balaban J connectivity index is 0.00000112. The van der Waals surface area contributed by atoms with Gasteiger partial charge >= 0.3 is 0 Å². The van der Waals surface area contributed by atoms with Crippen molar-refractivity contribution < 1.29 is 0 Å². The molecule has 0 aliphatic carbocycles. The van der Waals surface area contributed by atoms with E-state index in [2.05, 4.69) is 23.2 Å². The smallest absolute Gasteiger partial charge is 0.0629 e. The van der Waals surface area contributed by atoms with E-state index in [-0.39, 0.29) is 17.0 Å². The van der Waals surface area contributed by atoms with E-state index in [1.165, 1.54) is 5.56 Å². The second-order valence-electron chi connectivity index (χ2n) is 3.00. The van der Waals surface area contributed by atoms with E-state index >= 15 is 0 Å².